The summed E-state index contributed by atoms with van der Waals surface area (Å²) in [5, 5.41) is 4.46. The highest BCUT2D eigenvalue weighted by Crippen LogP contribution is 2.35. The van der Waals surface area contributed by atoms with Crippen molar-refractivity contribution in [2.45, 2.75) is 30.8 Å². The lowest BCUT2D eigenvalue weighted by Gasteiger charge is -2.16. The summed E-state index contributed by atoms with van der Waals surface area (Å²) in [5.41, 5.74) is 2.34. The molecule has 4 unspecified atom stereocenters. The van der Waals surface area contributed by atoms with E-state index in [2.05, 4.69) is 48.5 Å². The van der Waals surface area contributed by atoms with Crippen LogP contribution in [0.15, 0.2) is 60.7 Å². The van der Waals surface area contributed by atoms with Crippen molar-refractivity contribution in [1.82, 2.24) is 0 Å². The Balaban J connectivity index is 1.14. The van der Waals surface area contributed by atoms with Crippen LogP contribution in [0.2, 0.25) is 0 Å². The van der Waals surface area contributed by atoms with Crippen LogP contribution in [0, 0.1) is 0 Å². The number of epoxide rings is 4. The van der Waals surface area contributed by atoms with Crippen molar-refractivity contribution in [3.05, 3.63) is 71.8 Å². The highest BCUT2D eigenvalue weighted by Gasteiger charge is 2.26. The molecule has 4 aliphatic heterocycles. The van der Waals surface area contributed by atoms with Crippen LogP contribution in [0.3, 0.4) is 0 Å². The van der Waals surface area contributed by atoms with Gasteiger partial charge in [0.25, 0.3) is 0 Å². The molecule has 0 N–H and O–H groups in total. The Kier molecular flexibility index (Phi) is 6.56. The van der Waals surface area contributed by atoms with E-state index in [0.717, 1.165) is 71.0 Å². The van der Waals surface area contributed by atoms with Crippen molar-refractivity contribution in [2.75, 3.05) is 52.9 Å². The summed E-state index contributed by atoms with van der Waals surface area (Å²) in [7, 11) is 0. The van der Waals surface area contributed by atoms with E-state index in [1.54, 1.807) is 0 Å². The van der Waals surface area contributed by atoms with Crippen LogP contribution in [0.25, 0.3) is 21.5 Å². The second-order valence-electron chi connectivity index (χ2n) is 11.2. The lowest BCUT2D eigenvalue weighted by Crippen LogP contribution is -2.06. The molecule has 8 heteroatoms. The summed E-state index contributed by atoms with van der Waals surface area (Å²) in [4.78, 5) is 0. The van der Waals surface area contributed by atoms with Gasteiger partial charge in [-0.05, 0) is 87.6 Å². The van der Waals surface area contributed by atoms with Crippen molar-refractivity contribution in [2.24, 2.45) is 0 Å². The van der Waals surface area contributed by atoms with E-state index in [9.17, 15) is 0 Å². The maximum atomic E-state index is 6.16. The normalized spacial score (nSPS) is 23.8. The molecular weight excluding hydrogens is 524 g/mol. The van der Waals surface area contributed by atoms with Gasteiger partial charge in [0.15, 0.2) is 0 Å². The molecular formula is C33H32O8. The molecule has 0 saturated carbocycles. The fraction of sp³-hybridized carbons (Fsp3) is 0.394. The number of hydrogen-bond donors (Lipinski definition) is 0. The molecule has 4 aromatic rings. The summed E-state index contributed by atoms with van der Waals surface area (Å²) in [5.74, 6) is 3.31. The first kappa shape index (κ1) is 25.2. The average Bonchev–Trinajstić information content (AvgIpc) is 3.83. The Hall–Kier alpha value is -3.56. The van der Waals surface area contributed by atoms with E-state index in [1.807, 2.05) is 12.1 Å². The van der Waals surface area contributed by atoms with Crippen LogP contribution >= 0.6 is 0 Å². The topological polar surface area (TPSA) is 87.0 Å². The standard InChI is InChI=1S/C33H32O8/c1-3-32-20(8-26(36-14-30-18-40-30)10-22(32)6-24(1)34-12-28-16-38-28)5-21-9-27(37-15-31-19-41-31)11-23-7-25(2-4-33(21)23)35-13-29-17-39-29/h1-4,6-11,28-31H,5,12-19H2. The molecule has 41 heavy (non-hydrogen) atoms. The maximum absolute atomic E-state index is 6.16. The number of rotatable bonds is 14. The Morgan fingerprint density at radius 3 is 1.17 bits per heavy atom. The SMILES string of the molecule is c1cc2c(Cc3cc(OCC4CO4)cc4cc(OCC5CO5)ccc34)cc(OCC3CO3)cc2cc1OCC1CO1. The van der Waals surface area contributed by atoms with Crippen molar-refractivity contribution >= 4 is 21.5 Å². The van der Waals surface area contributed by atoms with E-state index >= 15 is 0 Å². The first-order chi connectivity index (χ1) is 20.2. The van der Waals surface area contributed by atoms with Crippen molar-refractivity contribution < 1.29 is 37.9 Å². The fourth-order valence-corrected chi connectivity index (χ4v) is 5.05. The zero-order valence-electron chi connectivity index (χ0n) is 22.7. The number of ether oxygens (including phenoxy) is 8. The first-order valence-electron chi connectivity index (χ1n) is 14.3. The third-order valence-corrected chi connectivity index (χ3v) is 7.70. The van der Waals surface area contributed by atoms with Gasteiger partial charge in [-0.25, -0.2) is 0 Å². The van der Waals surface area contributed by atoms with E-state index < -0.39 is 0 Å². The van der Waals surface area contributed by atoms with Crippen LogP contribution in [0.5, 0.6) is 23.0 Å². The monoisotopic (exact) mass is 556 g/mol. The molecule has 4 saturated heterocycles. The van der Waals surface area contributed by atoms with E-state index in [1.165, 1.54) is 11.1 Å². The van der Waals surface area contributed by atoms with Crippen LogP contribution < -0.4 is 18.9 Å². The third kappa shape index (κ3) is 6.36. The zero-order valence-corrected chi connectivity index (χ0v) is 22.7. The van der Waals surface area contributed by atoms with Gasteiger partial charge >= 0.3 is 0 Å². The summed E-state index contributed by atoms with van der Waals surface area (Å²) in [6, 6.07) is 21.0. The first-order valence-corrected chi connectivity index (χ1v) is 14.3. The molecule has 4 heterocycles. The van der Waals surface area contributed by atoms with Gasteiger partial charge in [-0.15, -0.1) is 0 Å². The largest absolute Gasteiger partial charge is 0.491 e. The molecule has 4 fully saturated rings. The predicted molar refractivity (Wildman–Crippen MR) is 152 cm³/mol. The van der Waals surface area contributed by atoms with Gasteiger partial charge in [0.2, 0.25) is 0 Å². The molecule has 4 aliphatic rings. The Labute approximate surface area is 237 Å². The maximum Gasteiger partial charge on any atom is 0.120 e. The zero-order chi connectivity index (χ0) is 27.2. The van der Waals surface area contributed by atoms with Crippen molar-refractivity contribution in [3.8, 4) is 23.0 Å². The summed E-state index contributed by atoms with van der Waals surface area (Å²) < 4.78 is 45.7. The molecule has 0 aliphatic carbocycles. The summed E-state index contributed by atoms with van der Waals surface area (Å²) >= 11 is 0. The van der Waals surface area contributed by atoms with Gasteiger partial charge < -0.3 is 37.9 Å². The highest BCUT2D eigenvalue weighted by atomic mass is 16.6. The predicted octanol–water partition coefficient (Wildman–Crippen LogP) is 4.69. The minimum absolute atomic E-state index is 0.179. The van der Waals surface area contributed by atoms with Crippen LogP contribution in [0.4, 0.5) is 0 Å². The molecule has 0 spiro atoms. The van der Waals surface area contributed by atoms with Gasteiger partial charge in [0.1, 0.15) is 73.8 Å². The number of fused-ring (bicyclic) bond motifs is 2. The molecule has 4 aromatic carbocycles. The Morgan fingerprint density at radius 1 is 0.463 bits per heavy atom. The lowest BCUT2D eigenvalue weighted by molar-refractivity contribution is 0.262. The number of benzene rings is 4. The van der Waals surface area contributed by atoms with Crippen molar-refractivity contribution in [1.29, 1.82) is 0 Å². The fourth-order valence-electron chi connectivity index (χ4n) is 5.05. The second kappa shape index (κ2) is 10.7. The molecule has 0 amide bonds. The van der Waals surface area contributed by atoms with Gasteiger partial charge in [-0.1, -0.05) is 12.1 Å². The molecule has 212 valence electrons. The van der Waals surface area contributed by atoms with Gasteiger partial charge in [-0.2, -0.15) is 0 Å². The van der Waals surface area contributed by atoms with Crippen LogP contribution in [0.1, 0.15) is 11.1 Å². The van der Waals surface area contributed by atoms with Crippen LogP contribution in [-0.2, 0) is 25.4 Å². The number of hydrogen-bond acceptors (Lipinski definition) is 8. The van der Waals surface area contributed by atoms with E-state index in [0.29, 0.717) is 32.8 Å². The quantitative estimate of drug-likeness (QED) is 0.207. The molecule has 0 bridgehead atoms. The summed E-state index contributed by atoms with van der Waals surface area (Å²) in [6.45, 7) is 5.28. The lowest BCUT2D eigenvalue weighted by atomic mass is 9.94. The average molecular weight is 557 g/mol. The molecule has 8 nitrogen and oxygen atoms in total. The highest BCUT2D eigenvalue weighted by molar-refractivity contribution is 5.92. The van der Waals surface area contributed by atoms with E-state index in [4.69, 9.17) is 37.9 Å². The molecule has 0 aromatic heterocycles. The minimum Gasteiger partial charge on any atom is -0.491 e. The second-order valence-corrected chi connectivity index (χ2v) is 11.2. The summed E-state index contributed by atoms with van der Waals surface area (Å²) in [6.07, 6.45) is 1.47. The molecule has 0 radical (unpaired) electrons. The third-order valence-electron chi connectivity index (χ3n) is 7.70. The smallest absolute Gasteiger partial charge is 0.120 e. The Morgan fingerprint density at radius 2 is 0.805 bits per heavy atom. The van der Waals surface area contributed by atoms with Gasteiger partial charge in [-0.3, -0.25) is 0 Å². The molecule has 8 rings (SSSR count). The minimum atomic E-state index is 0.179. The van der Waals surface area contributed by atoms with Gasteiger partial charge in [0.05, 0.1) is 26.4 Å². The molecule has 4 atom stereocenters. The van der Waals surface area contributed by atoms with Crippen LogP contribution in [-0.4, -0.2) is 77.3 Å². The van der Waals surface area contributed by atoms with Crippen molar-refractivity contribution in [3.63, 3.8) is 0 Å². The Bertz CT molecular complexity index is 1440. The van der Waals surface area contributed by atoms with E-state index in [-0.39, 0.29) is 24.4 Å². The van der Waals surface area contributed by atoms with Gasteiger partial charge in [0, 0.05) is 0 Å².